The monoisotopic (exact) mass is 285 g/mol. The molecular formula is C16H19N3O2. The highest BCUT2D eigenvalue weighted by atomic mass is 16.6. The van der Waals surface area contributed by atoms with E-state index < -0.39 is 0 Å². The minimum Gasteiger partial charge on any atom is -0.486 e. The summed E-state index contributed by atoms with van der Waals surface area (Å²) in [6, 6.07) is 9.98. The fourth-order valence-corrected chi connectivity index (χ4v) is 2.23. The lowest BCUT2D eigenvalue weighted by atomic mass is 10.1. The molecule has 0 fully saturated rings. The molecule has 5 heteroatoms. The lowest BCUT2D eigenvalue weighted by Crippen LogP contribution is -2.17. The second kappa shape index (κ2) is 5.91. The summed E-state index contributed by atoms with van der Waals surface area (Å²) < 4.78 is 11.3. The van der Waals surface area contributed by atoms with Gasteiger partial charge in [0.05, 0.1) is 11.9 Å². The normalized spacial score (nSPS) is 12.9. The van der Waals surface area contributed by atoms with Crippen LogP contribution < -0.4 is 19.7 Å². The van der Waals surface area contributed by atoms with Crippen molar-refractivity contribution in [3.63, 3.8) is 0 Å². The lowest BCUT2D eigenvalue weighted by molar-refractivity contribution is 0.170. The van der Waals surface area contributed by atoms with Crippen LogP contribution in [0.2, 0.25) is 0 Å². The van der Waals surface area contributed by atoms with Gasteiger partial charge in [-0.1, -0.05) is 12.1 Å². The Balaban J connectivity index is 1.70. The van der Waals surface area contributed by atoms with E-state index in [9.17, 15) is 0 Å². The highest BCUT2D eigenvalue weighted by molar-refractivity contribution is 5.51. The highest BCUT2D eigenvalue weighted by Gasteiger charge is 2.15. The van der Waals surface area contributed by atoms with Crippen molar-refractivity contribution in [1.82, 2.24) is 4.98 Å². The molecule has 1 aromatic carbocycles. The maximum atomic E-state index is 5.71. The number of hydrogen-bond donors (Lipinski definition) is 1. The molecule has 1 aliphatic rings. The number of nitrogens with zero attached hydrogens (tertiary/aromatic N) is 2. The average Bonchev–Trinajstić information content (AvgIpc) is 2.53. The Labute approximate surface area is 124 Å². The van der Waals surface area contributed by atoms with Gasteiger partial charge in [-0.25, -0.2) is 4.98 Å². The Bertz CT molecular complexity index is 611. The van der Waals surface area contributed by atoms with Crippen molar-refractivity contribution in [2.24, 2.45) is 0 Å². The van der Waals surface area contributed by atoms with E-state index >= 15 is 0 Å². The molecule has 0 atom stereocenters. The first-order chi connectivity index (χ1) is 10.2. The molecule has 0 bridgehead atoms. The van der Waals surface area contributed by atoms with Crippen molar-refractivity contribution < 1.29 is 9.47 Å². The summed E-state index contributed by atoms with van der Waals surface area (Å²) >= 11 is 0. The number of nitrogens with one attached hydrogen (secondary N) is 1. The van der Waals surface area contributed by atoms with Crippen molar-refractivity contribution in [3.05, 3.63) is 42.1 Å². The topological polar surface area (TPSA) is 46.6 Å². The maximum absolute atomic E-state index is 5.71. The van der Waals surface area contributed by atoms with Crippen molar-refractivity contribution in [2.45, 2.75) is 6.54 Å². The van der Waals surface area contributed by atoms with E-state index in [-0.39, 0.29) is 0 Å². The third kappa shape index (κ3) is 3.02. The summed E-state index contributed by atoms with van der Waals surface area (Å²) in [7, 11) is 3.95. The van der Waals surface area contributed by atoms with E-state index in [1.54, 1.807) is 0 Å². The van der Waals surface area contributed by atoms with Gasteiger partial charge in [0, 0.05) is 26.2 Å². The summed E-state index contributed by atoms with van der Waals surface area (Å²) in [5, 5.41) is 3.36. The molecule has 5 nitrogen and oxygen atoms in total. The number of rotatable bonds is 4. The first kappa shape index (κ1) is 13.5. The standard InChI is InChI=1S/C16H19N3O2/c1-19(2)15-7-6-13(11-18-15)17-10-12-4-3-5-14-16(12)21-9-8-20-14/h3-7,11,17H,8-10H2,1-2H3. The highest BCUT2D eigenvalue weighted by Crippen LogP contribution is 2.33. The zero-order valence-corrected chi connectivity index (χ0v) is 12.3. The van der Waals surface area contributed by atoms with E-state index in [1.807, 2.05) is 55.5 Å². The van der Waals surface area contributed by atoms with Crippen molar-refractivity contribution in [3.8, 4) is 11.5 Å². The number of pyridine rings is 1. The lowest BCUT2D eigenvalue weighted by Gasteiger charge is -2.21. The van der Waals surface area contributed by atoms with Gasteiger partial charge in [-0.2, -0.15) is 0 Å². The summed E-state index contributed by atoms with van der Waals surface area (Å²) in [5.41, 5.74) is 2.07. The molecule has 1 N–H and O–H groups in total. The second-order valence-electron chi connectivity index (χ2n) is 5.09. The number of aromatic nitrogens is 1. The number of benzene rings is 1. The summed E-state index contributed by atoms with van der Waals surface area (Å²) in [6.07, 6.45) is 1.84. The summed E-state index contributed by atoms with van der Waals surface area (Å²) in [6.45, 7) is 1.89. The predicted molar refractivity (Wildman–Crippen MR) is 83.3 cm³/mol. The van der Waals surface area contributed by atoms with Crippen LogP contribution in [0.25, 0.3) is 0 Å². The molecule has 110 valence electrons. The maximum Gasteiger partial charge on any atom is 0.166 e. The predicted octanol–water partition coefficient (Wildman–Crippen LogP) is 2.53. The van der Waals surface area contributed by atoms with Gasteiger partial charge in [-0.15, -0.1) is 0 Å². The van der Waals surface area contributed by atoms with Gasteiger partial charge in [0.25, 0.3) is 0 Å². The molecule has 0 aliphatic carbocycles. The quantitative estimate of drug-likeness (QED) is 0.935. The summed E-state index contributed by atoms with van der Waals surface area (Å²) in [4.78, 5) is 6.36. The van der Waals surface area contributed by atoms with Gasteiger partial charge in [-0.3, -0.25) is 0 Å². The summed E-state index contributed by atoms with van der Waals surface area (Å²) in [5.74, 6) is 2.60. The van der Waals surface area contributed by atoms with E-state index in [1.165, 1.54) is 0 Å². The van der Waals surface area contributed by atoms with E-state index in [0.717, 1.165) is 28.6 Å². The van der Waals surface area contributed by atoms with Crippen molar-refractivity contribution >= 4 is 11.5 Å². The van der Waals surface area contributed by atoms with Crippen molar-refractivity contribution in [2.75, 3.05) is 37.5 Å². The van der Waals surface area contributed by atoms with Crippen LogP contribution in [0.5, 0.6) is 11.5 Å². The number of hydrogen-bond acceptors (Lipinski definition) is 5. The third-order valence-electron chi connectivity index (χ3n) is 3.34. The molecule has 0 spiro atoms. The van der Waals surface area contributed by atoms with Gasteiger partial charge in [0.2, 0.25) is 0 Å². The Kier molecular flexibility index (Phi) is 3.81. The van der Waals surface area contributed by atoms with Crippen LogP contribution in [-0.4, -0.2) is 32.3 Å². The Morgan fingerprint density at radius 1 is 1.14 bits per heavy atom. The molecule has 0 unspecified atom stereocenters. The molecule has 3 rings (SSSR count). The van der Waals surface area contributed by atoms with Crippen LogP contribution in [-0.2, 0) is 6.54 Å². The minimum atomic E-state index is 0.600. The molecule has 0 saturated carbocycles. The van der Waals surface area contributed by atoms with E-state index in [4.69, 9.17) is 9.47 Å². The van der Waals surface area contributed by atoms with E-state index in [2.05, 4.69) is 10.3 Å². The zero-order chi connectivity index (χ0) is 14.7. The zero-order valence-electron chi connectivity index (χ0n) is 12.3. The molecule has 2 aromatic rings. The Hall–Kier alpha value is -2.43. The van der Waals surface area contributed by atoms with Crippen LogP contribution in [0.1, 0.15) is 5.56 Å². The number of para-hydroxylation sites is 1. The fourth-order valence-electron chi connectivity index (χ4n) is 2.23. The minimum absolute atomic E-state index is 0.600. The fraction of sp³-hybridized carbons (Fsp3) is 0.312. The first-order valence-electron chi connectivity index (χ1n) is 6.99. The SMILES string of the molecule is CN(C)c1ccc(NCc2cccc3c2OCCO3)cn1. The number of ether oxygens (including phenoxy) is 2. The average molecular weight is 285 g/mol. The van der Waals surface area contributed by atoms with Gasteiger partial charge in [0.15, 0.2) is 11.5 Å². The van der Waals surface area contributed by atoms with Gasteiger partial charge in [0.1, 0.15) is 19.0 Å². The molecule has 1 aliphatic heterocycles. The Morgan fingerprint density at radius 3 is 2.76 bits per heavy atom. The molecular weight excluding hydrogens is 266 g/mol. The molecule has 0 saturated heterocycles. The molecule has 1 aromatic heterocycles. The second-order valence-corrected chi connectivity index (χ2v) is 5.09. The molecule has 0 radical (unpaired) electrons. The van der Waals surface area contributed by atoms with Crippen molar-refractivity contribution in [1.29, 1.82) is 0 Å². The van der Waals surface area contributed by atoms with Crippen LogP contribution >= 0.6 is 0 Å². The van der Waals surface area contributed by atoms with Gasteiger partial charge in [-0.05, 0) is 18.2 Å². The molecule has 0 amide bonds. The van der Waals surface area contributed by atoms with Crippen LogP contribution in [0.15, 0.2) is 36.5 Å². The van der Waals surface area contributed by atoms with E-state index in [0.29, 0.717) is 19.8 Å². The Morgan fingerprint density at radius 2 is 2.00 bits per heavy atom. The van der Waals surface area contributed by atoms with Crippen LogP contribution in [0.3, 0.4) is 0 Å². The number of fused-ring (bicyclic) bond motifs is 1. The first-order valence-corrected chi connectivity index (χ1v) is 6.99. The van der Waals surface area contributed by atoms with Gasteiger partial charge < -0.3 is 19.7 Å². The third-order valence-corrected chi connectivity index (χ3v) is 3.34. The van der Waals surface area contributed by atoms with Crippen LogP contribution in [0.4, 0.5) is 11.5 Å². The van der Waals surface area contributed by atoms with Crippen LogP contribution in [0, 0.1) is 0 Å². The molecule has 2 heterocycles. The largest absolute Gasteiger partial charge is 0.486 e. The molecule has 21 heavy (non-hydrogen) atoms. The van der Waals surface area contributed by atoms with Gasteiger partial charge >= 0.3 is 0 Å². The smallest absolute Gasteiger partial charge is 0.166 e. The number of anilines is 2.